The van der Waals surface area contributed by atoms with Crippen LogP contribution in [0.5, 0.6) is 17.2 Å². The van der Waals surface area contributed by atoms with Crippen molar-refractivity contribution in [1.29, 1.82) is 0 Å². The summed E-state index contributed by atoms with van der Waals surface area (Å²) in [5.41, 5.74) is 3.10. The molecule has 3 amide bonds. The number of hydrogen-bond donors (Lipinski definition) is 3. The van der Waals surface area contributed by atoms with Crippen molar-refractivity contribution in [3.05, 3.63) is 114 Å². The predicted molar refractivity (Wildman–Crippen MR) is 266 cm³/mol. The number of pyridine rings is 1. The molecule has 3 N–H and O–H groups in total. The molecule has 0 aliphatic carbocycles. The number of hydrogen-bond acceptors (Lipinski definition) is 10. The van der Waals surface area contributed by atoms with Gasteiger partial charge >= 0.3 is 204 Å². The van der Waals surface area contributed by atoms with Crippen LogP contribution in [0.4, 0.5) is 4.79 Å². The molecule has 0 aliphatic rings. The molecule has 0 saturated heterocycles. The van der Waals surface area contributed by atoms with Gasteiger partial charge in [0.15, 0.2) is 0 Å². The molecule has 2 atom stereocenters. The molecule has 0 radical (unpaired) electrons. The van der Waals surface area contributed by atoms with Gasteiger partial charge in [-0.3, -0.25) is 4.79 Å². The molecule has 14 heteroatoms. The molecule has 0 spiro atoms. The Morgan fingerprint density at radius 3 is 1.66 bits per heavy atom. The average molecular weight is 1030 g/mol. The third kappa shape index (κ3) is 19.1. The van der Waals surface area contributed by atoms with Gasteiger partial charge in [-0.25, -0.2) is 4.79 Å². The van der Waals surface area contributed by atoms with E-state index in [-0.39, 0.29) is 38.4 Å². The van der Waals surface area contributed by atoms with Gasteiger partial charge in [0.25, 0.3) is 0 Å². The molecule has 0 saturated carbocycles. The quantitative estimate of drug-likeness (QED) is 0.0251. The summed E-state index contributed by atoms with van der Waals surface area (Å²) in [7, 11) is 4.76. The molecule has 3 aromatic carbocycles. The van der Waals surface area contributed by atoms with E-state index < -0.39 is 48.4 Å². The Morgan fingerprint density at radius 2 is 1.13 bits per heavy atom. The van der Waals surface area contributed by atoms with Gasteiger partial charge in [0, 0.05) is 12.5 Å². The van der Waals surface area contributed by atoms with Gasteiger partial charge in [0.1, 0.15) is 30.5 Å². The molecule has 0 bridgehead atoms. The van der Waals surface area contributed by atoms with E-state index in [1.54, 1.807) is 51.8 Å². The van der Waals surface area contributed by atoms with Crippen molar-refractivity contribution < 1.29 is 42.9 Å². The van der Waals surface area contributed by atoms with Gasteiger partial charge in [-0.2, -0.15) is 0 Å². The fourth-order valence-corrected chi connectivity index (χ4v) is 23.9. The van der Waals surface area contributed by atoms with E-state index in [2.05, 4.69) is 47.8 Å². The van der Waals surface area contributed by atoms with E-state index in [9.17, 15) is 19.2 Å². The molecule has 1 aromatic heterocycles. The van der Waals surface area contributed by atoms with Gasteiger partial charge in [0.05, 0.1) is 21.3 Å². The molecule has 13 nitrogen and oxygen atoms in total. The van der Waals surface area contributed by atoms with Crippen LogP contribution in [-0.2, 0) is 38.7 Å². The Hall–Kier alpha value is -5.31. The van der Waals surface area contributed by atoms with Crippen LogP contribution in [-0.4, -0.2) is 87.2 Å². The van der Waals surface area contributed by atoms with Crippen LogP contribution in [0.2, 0.25) is 13.3 Å². The minimum atomic E-state index is -2.79. The van der Waals surface area contributed by atoms with Crippen LogP contribution < -0.4 is 33.7 Å². The van der Waals surface area contributed by atoms with Gasteiger partial charge in [-0.1, -0.05) is 36.4 Å². The summed E-state index contributed by atoms with van der Waals surface area (Å²) in [5.74, 6) is 0.932. The molecular weight excluding hydrogens is 955 g/mol. The Kier molecular flexibility index (Phi) is 24.4. The molecule has 364 valence electrons. The maximum atomic E-state index is 13.8. The molecule has 1 heterocycles. The van der Waals surface area contributed by atoms with Gasteiger partial charge < -0.3 is 24.3 Å². The zero-order chi connectivity index (χ0) is 48.3. The van der Waals surface area contributed by atoms with Crippen LogP contribution in [0, 0.1) is 0 Å². The second-order valence-electron chi connectivity index (χ2n) is 17.2. The normalized spacial score (nSPS) is 12.0. The minimum absolute atomic E-state index is 0.00541. The van der Waals surface area contributed by atoms with Gasteiger partial charge in [0.2, 0.25) is 0 Å². The van der Waals surface area contributed by atoms with Crippen LogP contribution in [0.1, 0.15) is 118 Å². The summed E-state index contributed by atoms with van der Waals surface area (Å²) in [6.45, 7) is 7.27. The van der Waals surface area contributed by atoms with Crippen molar-refractivity contribution in [2.75, 3.05) is 27.9 Å². The van der Waals surface area contributed by atoms with E-state index >= 15 is 0 Å². The number of rotatable bonds is 31. The van der Waals surface area contributed by atoms with E-state index in [1.807, 2.05) is 54.7 Å². The summed E-state index contributed by atoms with van der Waals surface area (Å²) < 4.78 is 32.3. The summed E-state index contributed by atoms with van der Waals surface area (Å²) in [6.07, 6.45) is 13.0. The van der Waals surface area contributed by atoms with Crippen molar-refractivity contribution >= 4 is 45.8 Å². The molecule has 2 unspecified atom stereocenters. The van der Waals surface area contributed by atoms with Crippen LogP contribution >= 0.6 is 0 Å². The summed E-state index contributed by atoms with van der Waals surface area (Å²) >= 11 is -2.79. The van der Waals surface area contributed by atoms with Crippen LogP contribution in [0.3, 0.4) is 0 Å². The predicted octanol–water partition coefficient (Wildman–Crippen LogP) is 9.61. The molecule has 0 fully saturated rings. The Balaban J connectivity index is 1.41. The molecule has 4 rings (SSSR count). The number of amides is 3. The summed E-state index contributed by atoms with van der Waals surface area (Å²) in [4.78, 5) is 58.5. The van der Waals surface area contributed by atoms with E-state index in [0.29, 0.717) is 48.6 Å². The SMILES string of the molecule is CCC[CH2][Sn]([CH2]CCC)([CH2]CCC)[c]1cncc(C(=O)NCCCCC(NC(=O)NC(CCC(=O)OCc2ccc(OC)cc2)Cc2ccc(OC)cc2)C(=O)OCc2ccc(OC)cc2)c1. The van der Waals surface area contributed by atoms with Crippen molar-refractivity contribution in [2.24, 2.45) is 0 Å². The first-order valence-electron chi connectivity index (χ1n) is 24.1. The standard InChI is InChI=1S/C41H47N4O9.3C4H9.Sn/c1-50-34-16-9-29(10-17-34)25-33(15-22-38(46)53-27-30-11-18-35(51-2)19-12-30)44-41(49)45-37(40(48)54-28-31-13-20-36(52-3)21-14-31)8-4-5-24-43-39(47)32-7-6-23-42-26-32;3*1-3-4-2;/h7,9-14,16-21,23,26,33,37H,4-5,8,15,22,24-25,27-28H2,1-3H3,(H,43,47)(H2,44,45,49);3*1,3-4H2,2H3;. The number of urea groups is 1. The van der Waals surface area contributed by atoms with Gasteiger partial charge in [-0.05, 0) is 65.9 Å². The van der Waals surface area contributed by atoms with E-state index in [0.717, 1.165) is 16.7 Å². The third-order valence-corrected chi connectivity index (χ3v) is 27.7. The number of carbonyl (C=O) groups excluding carboxylic acids is 4. The number of benzene rings is 3. The number of esters is 2. The number of aromatic nitrogens is 1. The monoisotopic (exact) mass is 1030 g/mol. The van der Waals surface area contributed by atoms with Crippen molar-refractivity contribution in [1.82, 2.24) is 20.9 Å². The zero-order valence-electron chi connectivity index (χ0n) is 40.7. The van der Waals surface area contributed by atoms with Crippen LogP contribution in [0.25, 0.3) is 0 Å². The number of nitrogens with one attached hydrogen (secondary N) is 3. The summed E-state index contributed by atoms with van der Waals surface area (Å²) in [6, 6.07) is 22.0. The fraction of sp³-hybridized carbons (Fsp3) is 0.491. The Bertz CT molecular complexity index is 2060. The molecular formula is C53H74N4O9Sn. The average Bonchev–Trinajstić information content (AvgIpc) is 3.36. The van der Waals surface area contributed by atoms with Crippen molar-refractivity contribution in [3.8, 4) is 17.2 Å². The first-order valence-corrected chi connectivity index (χ1v) is 31.5. The first kappa shape index (κ1) is 54.3. The number of methoxy groups -OCH3 is 3. The maximum absolute atomic E-state index is 13.8. The zero-order valence-corrected chi connectivity index (χ0v) is 43.5. The Labute approximate surface area is 402 Å². The molecule has 67 heavy (non-hydrogen) atoms. The topological polar surface area (TPSA) is 163 Å². The van der Waals surface area contributed by atoms with Gasteiger partial charge in [-0.15, -0.1) is 0 Å². The second kappa shape index (κ2) is 30.1. The van der Waals surface area contributed by atoms with E-state index in [4.69, 9.17) is 23.7 Å². The number of ether oxygens (including phenoxy) is 5. The fourth-order valence-electron chi connectivity index (χ4n) is 8.12. The first-order chi connectivity index (χ1) is 32.5. The third-order valence-electron chi connectivity index (χ3n) is 12.2. The summed E-state index contributed by atoms with van der Waals surface area (Å²) in [5, 5.41) is 8.94. The van der Waals surface area contributed by atoms with E-state index in [1.165, 1.54) is 55.4 Å². The second-order valence-corrected chi connectivity index (χ2v) is 30.5. The van der Waals surface area contributed by atoms with Crippen molar-refractivity contribution in [2.45, 2.75) is 136 Å². The molecule has 0 aliphatic heterocycles. The van der Waals surface area contributed by atoms with Crippen molar-refractivity contribution in [3.63, 3.8) is 0 Å². The Morgan fingerprint density at radius 1 is 0.612 bits per heavy atom. The number of unbranched alkanes of at least 4 members (excludes halogenated alkanes) is 4. The number of carbonyl (C=O) groups is 4. The molecule has 4 aromatic rings. The number of nitrogens with zero attached hydrogens (tertiary/aromatic N) is 1. The van der Waals surface area contributed by atoms with Crippen LogP contribution in [0.15, 0.2) is 91.3 Å².